The Balaban J connectivity index is 1.48. The number of rotatable bonds is 5. The van der Waals surface area contributed by atoms with Crippen molar-refractivity contribution in [3.63, 3.8) is 0 Å². The van der Waals surface area contributed by atoms with E-state index >= 15 is 0 Å². The highest BCUT2D eigenvalue weighted by atomic mass is 79.9. The van der Waals surface area contributed by atoms with Gasteiger partial charge in [-0.2, -0.15) is 5.26 Å². The van der Waals surface area contributed by atoms with Crippen LogP contribution in [0.3, 0.4) is 0 Å². The van der Waals surface area contributed by atoms with E-state index < -0.39 is 17.5 Å². The second-order valence-corrected chi connectivity index (χ2v) is 10.6. The Hall–Kier alpha value is -3.74. The molecular formula is C28H23BrN4O4. The molecule has 1 N–H and O–H groups in total. The maximum atomic E-state index is 13.7. The zero-order valence-corrected chi connectivity index (χ0v) is 21.3. The number of amides is 1. The highest BCUT2D eigenvalue weighted by molar-refractivity contribution is 9.10. The molecule has 6 rings (SSSR count). The second kappa shape index (κ2) is 8.98. The molecule has 8 nitrogen and oxygen atoms in total. The van der Waals surface area contributed by atoms with Gasteiger partial charge in [-0.15, -0.1) is 0 Å². The first-order chi connectivity index (χ1) is 18.0. The largest absolute Gasteiger partial charge is 0.489 e. The third kappa shape index (κ3) is 3.47. The molecule has 4 atom stereocenters. The molecule has 0 saturated carbocycles. The standard InChI is InChI=1S/C28H23BrN4O4/c29-19-11-12-24(37-16-18-7-2-1-6-17(18)15-30)20(14-19)25-23-10-5-13-32(23)28(26(25)33(35)36)21-8-3-4-9-22(21)31-27(28)34/h1-4,6-9,11-12,14,23,25-26H,5,10,13,16H2,(H,31,34)/t23-,25+,26-,28+/m0/s1. The third-order valence-electron chi connectivity index (χ3n) is 7.95. The number of fused-ring (bicyclic) bond motifs is 4. The molecule has 0 aromatic heterocycles. The number of nitrogens with one attached hydrogen (secondary N) is 1. The monoisotopic (exact) mass is 558 g/mol. The lowest BCUT2D eigenvalue weighted by Gasteiger charge is -2.32. The zero-order chi connectivity index (χ0) is 25.7. The van der Waals surface area contributed by atoms with Crippen LogP contribution in [0.15, 0.2) is 71.2 Å². The molecule has 3 aliphatic heterocycles. The average Bonchev–Trinajstić information content (AvgIpc) is 3.56. The van der Waals surface area contributed by atoms with E-state index in [0.29, 0.717) is 34.7 Å². The van der Waals surface area contributed by atoms with Crippen molar-refractivity contribution in [1.29, 1.82) is 5.26 Å². The van der Waals surface area contributed by atoms with Gasteiger partial charge in [0.1, 0.15) is 12.4 Å². The number of anilines is 1. The molecular weight excluding hydrogens is 536 g/mol. The number of nitro groups is 1. The Kier molecular flexibility index (Phi) is 5.74. The van der Waals surface area contributed by atoms with Crippen LogP contribution in [0.25, 0.3) is 0 Å². The van der Waals surface area contributed by atoms with Gasteiger partial charge in [0.25, 0.3) is 11.9 Å². The molecule has 3 aromatic carbocycles. The van der Waals surface area contributed by atoms with Crippen LogP contribution < -0.4 is 10.1 Å². The zero-order valence-electron chi connectivity index (χ0n) is 19.8. The van der Waals surface area contributed by atoms with Crippen molar-refractivity contribution in [3.8, 4) is 11.8 Å². The summed E-state index contributed by atoms with van der Waals surface area (Å²) < 4.78 is 7.02. The van der Waals surface area contributed by atoms with Gasteiger partial charge in [-0.1, -0.05) is 52.3 Å². The number of nitrogens with zero attached hydrogens (tertiary/aromatic N) is 3. The van der Waals surface area contributed by atoms with E-state index in [1.165, 1.54) is 0 Å². The van der Waals surface area contributed by atoms with Crippen LogP contribution in [0.2, 0.25) is 0 Å². The molecule has 2 fully saturated rings. The summed E-state index contributed by atoms with van der Waals surface area (Å²) in [5, 5.41) is 25.3. The predicted molar refractivity (Wildman–Crippen MR) is 140 cm³/mol. The van der Waals surface area contributed by atoms with Crippen molar-refractivity contribution in [1.82, 2.24) is 4.90 Å². The Morgan fingerprint density at radius 2 is 1.97 bits per heavy atom. The summed E-state index contributed by atoms with van der Waals surface area (Å²) >= 11 is 3.54. The molecule has 9 heteroatoms. The lowest BCUT2D eigenvalue weighted by atomic mass is 9.77. The summed E-state index contributed by atoms with van der Waals surface area (Å²) in [5.74, 6) is -0.401. The topological polar surface area (TPSA) is 108 Å². The van der Waals surface area contributed by atoms with Crippen molar-refractivity contribution in [2.75, 3.05) is 11.9 Å². The Morgan fingerprint density at radius 3 is 2.78 bits per heavy atom. The van der Waals surface area contributed by atoms with Crippen LogP contribution in [-0.4, -0.2) is 34.4 Å². The summed E-state index contributed by atoms with van der Waals surface area (Å²) in [4.78, 5) is 28.4. The fourth-order valence-electron chi connectivity index (χ4n) is 6.57. The van der Waals surface area contributed by atoms with Crippen LogP contribution in [-0.2, 0) is 16.9 Å². The van der Waals surface area contributed by atoms with Gasteiger partial charge in [0, 0.05) is 44.4 Å². The van der Waals surface area contributed by atoms with Gasteiger partial charge < -0.3 is 10.1 Å². The van der Waals surface area contributed by atoms with E-state index in [9.17, 15) is 20.2 Å². The minimum atomic E-state index is -1.39. The average molecular weight is 559 g/mol. The molecule has 1 spiro atoms. The number of nitriles is 1. The van der Waals surface area contributed by atoms with Crippen molar-refractivity contribution < 1.29 is 14.5 Å². The number of carbonyl (C=O) groups excluding carboxylic acids is 1. The molecule has 0 aliphatic carbocycles. The minimum Gasteiger partial charge on any atom is -0.489 e. The lowest BCUT2D eigenvalue weighted by Crippen LogP contribution is -2.55. The molecule has 3 aromatic rings. The van der Waals surface area contributed by atoms with Crippen molar-refractivity contribution >= 4 is 27.5 Å². The van der Waals surface area contributed by atoms with Crippen LogP contribution in [0.4, 0.5) is 5.69 Å². The van der Waals surface area contributed by atoms with Gasteiger partial charge in [0.05, 0.1) is 17.6 Å². The molecule has 1 amide bonds. The summed E-state index contributed by atoms with van der Waals surface area (Å²) in [5.41, 5.74) is 1.85. The van der Waals surface area contributed by atoms with Crippen molar-refractivity contribution in [2.24, 2.45) is 0 Å². The van der Waals surface area contributed by atoms with Gasteiger partial charge in [0.2, 0.25) is 0 Å². The molecule has 186 valence electrons. The van der Waals surface area contributed by atoms with Gasteiger partial charge in [-0.3, -0.25) is 19.8 Å². The molecule has 37 heavy (non-hydrogen) atoms. The van der Waals surface area contributed by atoms with Crippen molar-refractivity contribution in [2.45, 2.75) is 43.0 Å². The summed E-state index contributed by atoms with van der Waals surface area (Å²) in [7, 11) is 0. The second-order valence-electron chi connectivity index (χ2n) is 9.66. The predicted octanol–water partition coefficient (Wildman–Crippen LogP) is 4.95. The highest BCUT2D eigenvalue weighted by Gasteiger charge is 2.73. The molecule has 0 unspecified atom stereocenters. The van der Waals surface area contributed by atoms with E-state index in [1.807, 2.05) is 42.5 Å². The number of para-hydroxylation sites is 1. The third-order valence-corrected chi connectivity index (χ3v) is 8.44. The van der Waals surface area contributed by atoms with Gasteiger partial charge >= 0.3 is 0 Å². The van der Waals surface area contributed by atoms with E-state index in [-0.39, 0.29) is 23.5 Å². The van der Waals surface area contributed by atoms with E-state index in [1.54, 1.807) is 24.3 Å². The summed E-state index contributed by atoms with van der Waals surface area (Å²) in [6, 6.07) is 20.8. The molecule has 0 bridgehead atoms. The van der Waals surface area contributed by atoms with Crippen molar-refractivity contribution in [3.05, 3.63) is 104 Å². The first kappa shape index (κ1) is 23.6. The van der Waals surface area contributed by atoms with E-state index in [4.69, 9.17) is 4.74 Å². The maximum Gasteiger partial charge on any atom is 0.256 e. The van der Waals surface area contributed by atoms with Crippen LogP contribution in [0.5, 0.6) is 5.75 Å². The smallest absolute Gasteiger partial charge is 0.256 e. The summed E-state index contributed by atoms with van der Waals surface area (Å²) in [6.45, 7) is 0.754. The number of benzene rings is 3. The number of halogens is 1. The number of carbonyl (C=O) groups is 1. The normalized spacial score (nSPS) is 25.9. The Bertz CT molecular complexity index is 1470. The van der Waals surface area contributed by atoms with E-state index in [0.717, 1.165) is 22.9 Å². The van der Waals surface area contributed by atoms with Gasteiger partial charge in [0.15, 0.2) is 5.54 Å². The Labute approximate surface area is 222 Å². The molecule has 3 heterocycles. The maximum absolute atomic E-state index is 13.7. The molecule has 2 saturated heterocycles. The fraction of sp³-hybridized carbons (Fsp3) is 0.286. The van der Waals surface area contributed by atoms with Gasteiger partial charge in [-0.05, 0) is 43.2 Å². The highest BCUT2D eigenvalue weighted by Crippen LogP contribution is 2.59. The van der Waals surface area contributed by atoms with Crippen LogP contribution in [0.1, 0.15) is 41.0 Å². The number of hydrogen-bond acceptors (Lipinski definition) is 6. The lowest BCUT2D eigenvalue weighted by molar-refractivity contribution is -0.534. The number of hydrogen-bond donors (Lipinski definition) is 1. The Morgan fingerprint density at radius 1 is 1.19 bits per heavy atom. The SMILES string of the molecule is N#Cc1ccccc1COc1ccc(Br)cc1[C@H]1[C@H]([N+](=O)[O-])[C@]2(C(=O)Nc3ccccc32)N2CCC[C@@H]12. The summed E-state index contributed by atoms with van der Waals surface area (Å²) in [6.07, 6.45) is 1.60. The van der Waals surface area contributed by atoms with Crippen LogP contribution in [0, 0.1) is 21.4 Å². The molecule has 0 radical (unpaired) electrons. The van der Waals surface area contributed by atoms with Crippen LogP contribution >= 0.6 is 15.9 Å². The van der Waals surface area contributed by atoms with Gasteiger partial charge in [-0.25, -0.2) is 0 Å². The fourth-order valence-corrected chi connectivity index (χ4v) is 6.95. The first-order valence-corrected chi connectivity index (χ1v) is 13.0. The number of ether oxygens (including phenoxy) is 1. The first-order valence-electron chi connectivity index (χ1n) is 12.2. The van der Waals surface area contributed by atoms with E-state index in [2.05, 4.69) is 32.2 Å². The quantitative estimate of drug-likeness (QED) is 0.350. The molecule has 3 aliphatic rings. The minimum absolute atomic E-state index is 0.150.